The molecule has 7 nitrogen and oxygen atoms in total. The Bertz CT molecular complexity index is 3170. The van der Waals surface area contributed by atoms with Gasteiger partial charge in [0.2, 0.25) is 17.1 Å². The summed E-state index contributed by atoms with van der Waals surface area (Å²) in [6.07, 6.45) is -2.30. The minimum atomic E-state index is -0.594. The molecule has 0 spiro atoms. The van der Waals surface area contributed by atoms with Crippen LogP contribution < -0.4 is 4.57 Å². The van der Waals surface area contributed by atoms with Crippen LogP contribution in [0.25, 0.3) is 39.3 Å². The lowest BCUT2D eigenvalue weighted by Gasteiger charge is -2.30. The van der Waals surface area contributed by atoms with Gasteiger partial charge in [0.15, 0.2) is 0 Å². The number of hydrogen-bond donors (Lipinski definition) is 1. The van der Waals surface area contributed by atoms with Gasteiger partial charge in [0, 0.05) is 46.5 Å². The van der Waals surface area contributed by atoms with Crippen molar-refractivity contribution in [2.24, 2.45) is 0 Å². The first-order valence-electron chi connectivity index (χ1n) is 24.9. The maximum Gasteiger partial charge on any atom is 0.219 e. The fraction of sp³-hybridized carbons (Fsp3) is 0.121. The van der Waals surface area contributed by atoms with Crippen molar-refractivity contribution in [3.63, 3.8) is 0 Å². The molecule has 0 saturated heterocycles. The molecule has 0 amide bonds. The zero-order chi connectivity index (χ0) is 49.2. The molecule has 4 atom stereocenters. The monoisotopic (exact) mass is 955 g/mol. The molecule has 3 heterocycles. The van der Waals surface area contributed by atoms with Crippen molar-refractivity contribution in [3.05, 3.63) is 300 Å². The lowest BCUT2D eigenvalue weighted by Crippen LogP contribution is -2.37. The van der Waals surface area contributed by atoms with Crippen molar-refractivity contribution in [2.75, 3.05) is 0 Å². The van der Waals surface area contributed by atoms with Crippen LogP contribution in [0.5, 0.6) is 5.75 Å². The Kier molecular flexibility index (Phi) is 14.4. The minimum Gasteiger partial charge on any atom is -0.507 e. The zero-order valence-corrected chi connectivity index (χ0v) is 40.4. The lowest BCUT2D eigenvalue weighted by atomic mass is 9.97. The molecule has 1 aliphatic rings. The van der Waals surface area contributed by atoms with Crippen LogP contribution in [0.3, 0.4) is 0 Å². The molecule has 0 fully saturated rings. The van der Waals surface area contributed by atoms with Crippen molar-refractivity contribution >= 4 is 0 Å². The van der Waals surface area contributed by atoms with E-state index in [2.05, 4.69) is 150 Å². The van der Waals surface area contributed by atoms with E-state index in [1.54, 1.807) is 0 Å². The summed E-state index contributed by atoms with van der Waals surface area (Å²) in [6.45, 7) is 0.495. The largest absolute Gasteiger partial charge is 0.507 e. The van der Waals surface area contributed by atoms with E-state index in [0.29, 0.717) is 11.1 Å². The van der Waals surface area contributed by atoms with Crippen molar-refractivity contribution in [1.29, 1.82) is 0 Å². The molecule has 358 valence electrons. The molecule has 11 rings (SSSR count). The number of aromatic nitrogens is 2. The van der Waals surface area contributed by atoms with Crippen LogP contribution in [0.15, 0.2) is 255 Å². The molecule has 4 bridgehead atoms. The highest BCUT2D eigenvalue weighted by molar-refractivity contribution is 5.74. The first kappa shape index (κ1) is 47.0. The number of hydrogen-bond acceptors (Lipinski definition) is 6. The van der Waals surface area contributed by atoms with Gasteiger partial charge in [-0.15, -0.1) is 0 Å². The summed E-state index contributed by atoms with van der Waals surface area (Å²) in [6, 6.07) is 86.7. The molecule has 7 heteroatoms. The first-order chi connectivity index (χ1) is 36.1. The molecule has 1 N–H and O–H groups in total. The van der Waals surface area contributed by atoms with E-state index in [9.17, 15) is 5.11 Å². The molecule has 2 aromatic heterocycles. The van der Waals surface area contributed by atoms with Gasteiger partial charge in [-0.1, -0.05) is 194 Å². The van der Waals surface area contributed by atoms with Crippen molar-refractivity contribution in [2.45, 2.75) is 50.8 Å². The van der Waals surface area contributed by atoms with E-state index < -0.39 is 24.4 Å². The third-order valence-corrected chi connectivity index (χ3v) is 13.4. The quantitative estimate of drug-likeness (QED) is 0.153. The average molecular weight is 956 g/mol. The average Bonchev–Trinajstić information content (AvgIpc) is 3.46. The minimum absolute atomic E-state index is 0.0362. The Hall–Kier alpha value is -8.30. The molecule has 0 saturated carbocycles. The second-order valence-corrected chi connectivity index (χ2v) is 18.3. The van der Waals surface area contributed by atoms with Gasteiger partial charge in [-0.05, 0) is 69.8 Å². The van der Waals surface area contributed by atoms with Gasteiger partial charge in [-0.2, -0.15) is 4.57 Å². The number of rotatable bonds is 8. The fourth-order valence-corrected chi connectivity index (χ4v) is 9.81. The Morgan fingerprint density at radius 2 is 0.644 bits per heavy atom. The summed E-state index contributed by atoms with van der Waals surface area (Å²) < 4.78 is 30.7. The molecule has 10 aromatic rings. The summed E-state index contributed by atoms with van der Waals surface area (Å²) in [5.41, 5.74) is 13.4. The molecular formula is C66H55N2O5+. The van der Waals surface area contributed by atoms with Crippen LogP contribution in [0.1, 0.15) is 69.2 Å². The number of phenols is 1. The molecule has 8 aromatic carbocycles. The van der Waals surface area contributed by atoms with Crippen LogP contribution in [-0.2, 0) is 45.4 Å². The Morgan fingerprint density at radius 1 is 0.329 bits per heavy atom. The van der Waals surface area contributed by atoms with Crippen molar-refractivity contribution in [1.82, 2.24) is 4.98 Å². The summed E-state index contributed by atoms with van der Waals surface area (Å²) in [5.74, 6) is 0.0843. The van der Waals surface area contributed by atoms with Crippen LogP contribution >= 0.6 is 0 Å². The number of phenolic OH excluding ortho intramolecular Hbond substituents is 1. The number of pyridine rings is 2. The first-order valence-corrected chi connectivity index (χ1v) is 24.9. The lowest BCUT2D eigenvalue weighted by molar-refractivity contribution is -0.572. The van der Waals surface area contributed by atoms with Crippen molar-refractivity contribution in [3.8, 4) is 45.1 Å². The van der Waals surface area contributed by atoms with Crippen molar-refractivity contribution < 1.29 is 28.6 Å². The maximum atomic E-state index is 12.8. The van der Waals surface area contributed by atoms with Crippen LogP contribution in [-0.4, -0.2) is 10.1 Å². The predicted molar refractivity (Wildman–Crippen MR) is 286 cm³/mol. The Labute approximate surface area is 427 Å². The fourth-order valence-electron chi connectivity index (χ4n) is 9.81. The molecule has 2 unspecified atom stereocenters. The number of nitrogens with zero attached hydrogens (tertiary/aromatic N) is 2. The second-order valence-electron chi connectivity index (χ2n) is 18.3. The van der Waals surface area contributed by atoms with Gasteiger partial charge in [0.1, 0.15) is 30.2 Å². The Morgan fingerprint density at radius 3 is 1.00 bits per heavy atom. The van der Waals surface area contributed by atoms with Gasteiger partial charge in [-0.25, -0.2) is 0 Å². The van der Waals surface area contributed by atoms with E-state index in [0.717, 1.165) is 73.0 Å². The standard InChI is InChI=1S/C66H54N2O5/c69-62-55-39-59(68-60(48-25-10-2-11-26-48)41-54(47-23-8-1-9-24-47)42-61(68)49-27-12-3-13-28-49)40-56(62)44-71-64(51-31-16-5-17-32-51)66(53-35-20-7-21-36-53)73-46-58-38-22-37-57(67-58)45-72-65(52-33-18-6-19-34-52)63(70-43-55)50-29-14-4-15-30-50/h1-42,63-66H,43-46H2/p+1/t63-,64?,65?,66-/m0/s1. The van der Waals surface area contributed by atoms with Gasteiger partial charge < -0.3 is 24.1 Å². The molecule has 73 heavy (non-hydrogen) atoms. The van der Waals surface area contributed by atoms with Crippen LogP contribution in [0.2, 0.25) is 0 Å². The van der Waals surface area contributed by atoms with E-state index in [4.69, 9.17) is 23.9 Å². The van der Waals surface area contributed by atoms with E-state index >= 15 is 0 Å². The zero-order valence-electron chi connectivity index (χ0n) is 40.4. The third-order valence-electron chi connectivity index (χ3n) is 13.4. The van der Waals surface area contributed by atoms with E-state index in [1.807, 2.05) is 109 Å². The third kappa shape index (κ3) is 10.8. The molecule has 1 aliphatic heterocycles. The number of benzene rings is 8. The summed E-state index contributed by atoms with van der Waals surface area (Å²) >= 11 is 0. The molecule has 0 radical (unpaired) electrons. The maximum absolute atomic E-state index is 12.8. The SMILES string of the molecule is Oc1c2cc(-[n+]3c(-c4ccccc4)cc(-c4ccccc4)cc3-c3ccccc3)cc1CO[C@@H](c1ccccc1)C(c1ccccc1)OCc1cccc(n1)CO[C@@H](c1ccccc1)C(c1ccccc1)OC2. The van der Waals surface area contributed by atoms with E-state index in [1.165, 1.54) is 0 Å². The summed E-state index contributed by atoms with van der Waals surface area (Å²) in [5, 5.41) is 12.8. The second kappa shape index (κ2) is 22.4. The predicted octanol–water partition coefficient (Wildman–Crippen LogP) is 14.8. The number of ether oxygens (including phenoxy) is 4. The van der Waals surface area contributed by atoms with Crippen LogP contribution in [0, 0.1) is 0 Å². The molecular weight excluding hydrogens is 901 g/mol. The number of fused-ring (bicyclic) bond motifs is 4. The summed E-state index contributed by atoms with van der Waals surface area (Å²) in [7, 11) is 0. The smallest absolute Gasteiger partial charge is 0.219 e. The highest BCUT2D eigenvalue weighted by Crippen LogP contribution is 2.41. The highest BCUT2D eigenvalue weighted by atomic mass is 16.5. The van der Waals surface area contributed by atoms with Crippen LogP contribution in [0.4, 0.5) is 0 Å². The van der Waals surface area contributed by atoms with Gasteiger partial charge in [0.05, 0.1) is 37.8 Å². The topological polar surface area (TPSA) is 73.9 Å². The highest BCUT2D eigenvalue weighted by Gasteiger charge is 2.32. The van der Waals surface area contributed by atoms with Gasteiger partial charge in [-0.3, -0.25) is 4.98 Å². The van der Waals surface area contributed by atoms with Gasteiger partial charge in [0.25, 0.3) is 0 Å². The number of aromatic hydroxyl groups is 1. The summed E-state index contributed by atoms with van der Waals surface area (Å²) in [4.78, 5) is 5.07. The molecule has 0 aliphatic carbocycles. The normalized spacial score (nSPS) is 17.5. The van der Waals surface area contributed by atoms with E-state index in [-0.39, 0.29) is 32.2 Å². The Balaban J connectivity index is 1.13. The van der Waals surface area contributed by atoms with Gasteiger partial charge >= 0.3 is 0 Å².